The lowest BCUT2D eigenvalue weighted by molar-refractivity contribution is -0.149. The molecule has 0 amide bonds. The molecule has 1 N–H and O–H groups in total. The molecule has 28 heavy (non-hydrogen) atoms. The number of piperidine rings is 1. The number of nitrogens with zero attached hydrogens (tertiary/aromatic N) is 1. The molecule has 2 heterocycles. The van der Waals surface area contributed by atoms with E-state index in [1.165, 1.54) is 7.11 Å². The van der Waals surface area contributed by atoms with Gasteiger partial charge >= 0.3 is 0 Å². The predicted octanol–water partition coefficient (Wildman–Crippen LogP) is 3.58. The van der Waals surface area contributed by atoms with Gasteiger partial charge in [0.05, 0.1) is 24.9 Å². The van der Waals surface area contributed by atoms with Crippen molar-refractivity contribution in [3.8, 4) is 11.5 Å². The Labute approximate surface area is 165 Å². The van der Waals surface area contributed by atoms with E-state index in [1.807, 2.05) is 26.8 Å². The Kier molecular flexibility index (Phi) is 5.90. The molecule has 1 aromatic rings. The Bertz CT molecular complexity index is 699. The molecule has 1 aromatic carbocycles. The normalized spacial score (nSPS) is 25.8. The topological polar surface area (TPSA) is 51.2 Å². The van der Waals surface area contributed by atoms with Gasteiger partial charge in [0.1, 0.15) is 0 Å². The third-order valence-electron chi connectivity index (χ3n) is 5.19. The number of benzene rings is 1. The average Bonchev–Trinajstić information content (AvgIpc) is 2.58. The van der Waals surface area contributed by atoms with E-state index >= 15 is 0 Å². The van der Waals surface area contributed by atoms with Crippen molar-refractivity contribution in [2.45, 2.75) is 70.3 Å². The van der Waals surface area contributed by atoms with Crippen LogP contribution in [-0.4, -0.2) is 60.5 Å². The highest BCUT2D eigenvalue weighted by molar-refractivity contribution is 5.49. The Morgan fingerprint density at radius 3 is 2.50 bits per heavy atom. The summed E-state index contributed by atoms with van der Waals surface area (Å²) in [6, 6.07) is 3.73. The summed E-state index contributed by atoms with van der Waals surface area (Å²) in [7, 11) is 1.50. The maximum atomic E-state index is 13.2. The zero-order valence-corrected chi connectivity index (χ0v) is 17.3. The molecule has 3 rings (SSSR count). The van der Waals surface area contributed by atoms with Gasteiger partial charge < -0.3 is 19.3 Å². The van der Waals surface area contributed by atoms with Gasteiger partial charge in [0.2, 0.25) is 0 Å². The molecule has 5 nitrogen and oxygen atoms in total. The van der Waals surface area contributed by atoms with Crippen LogP contribution in [0.3, 0.4) is 0 Å². The maximum Gasteiger partial charge on any atom is 0.278 e. The molecule has 0 bridgehead atoms. The number of aliphatic hydroxyl groups excluding tert-OH is 1. The van der Waals surface area contributed by atoms with Gasteiger partial charge in [-0.1, -0.05) is 0 Å². The van der Waals surface area contributed by atoms with Crippen molar-refractivity contribution in [2.24, 2.45) is 0 Å². The Balaban J connectivity index is 1.82. The number of methoxy groups -OCH3 is 1. The van der Waals surface area contributed by atoms with Gasteiger partial charge in [-0.3, -0.25) is 4.90 Å². The first kappa shape index (κ1) is 21.3. The summed E-state index contributed by atoms with van der Waals surface area (Å²) < 4.78 is 43.2. The minimum atomic E-state index is -2.91. The van der Waals surface area contributed by atoms with Crippen LogP contribution in [0.25, 0.3) is 0 Å². The molecule has 2 aliphatic heterocycles. The van der Waals surface area contributed by atoms with Crippen molar-refractivity contribution in [1.82, 2.24) is 4.90 Å². The van der Waals surface area contributed by atoms with Gasteiger partial charge in [0.25, 0.3) is 5.92 Å². The largest absolute Gasteiger partial charge is 0.493 e. The monoisotopic (exact) mass is 399 g/mol. The zero-order valence-electron chi connectivity index (χ0n) is 17.3. The van der Waals surface area contributed by atoms with Crippen molar-refractivity contribution in [3.05, 3.63) is 23.3 Å². The summed E-state index contributed by atoms with van der Waals surface area (Å²) in [5.41, 5.74) is 1.80. The molecule has 0 spiro atoms. The molecule has 0 saturated carbocycles. The Hall–Kier alpha value is -1.44. The molecule has 0 radical (unpaired) electrons. The van der Waals surface area contributed by atoms with E-state index in [0.29, 0.717) is 24.5 Å². The van der Waals surface area contributed by atoms with Gasteiger partial charge in [-0.25, -0.2) is 8.78 Å². The molecule has 0 aliphatic carbocycles. The summed E-state index contributed by atoms with van der Waals surface area (Å²) in [4.78, 5) is 2.33. The maximum absolute atomic E-state index is 13.2. The van der Waals surface area contributed by atoms with Gasteiger partial charge in [-0.2, -0.15) is 0 Å². The standard InChI is InChI=1S/C21H31F2NO4/c1-20(2,3)28-19-11-24-7-6-13-8-18(27-12-21(4,22)23)17(26-5)9-14(13)15(24)10-16(19)25/h8-9,15-16,19,25H,6-7,10-12H2,1-5H3. The lowest BCUT2D eigenvalue weighted by Gasteiger charge is -2.46. The summed E-state index contributed by atoms with van der Waals surface area (Å²) in [6.07, 6.45) is 0.554. The predicted molar refractivity (Wildman–Crippen MR) is 102 cm³/mol. The van der Waals surface area contributed by atoms with Crippen LogP contribution >= 0.6 is 0 Å². The highest BCUT2D eigenvalue weighted by atomic mass is 19.3. The lowest BCUT2D eigenvalue weighted by Crippen LogP contribution is -2.53. The summed E-state index contributed by atoms with van der Waals surface area (Å²) in [6.45, 7) is 7.59. The number of halogens is 2. The lowest BCUT2D eigenvalue weighted by atomic mass is 9.84. The van der Waals surface area contributed by atoms with Gasteiger partial charge in [-0.05, 0) is 56.9 Å². The third kappa shape index (κ3) is 4.93. The van der Waals surface area contributed by atoms with Crippen molar-refractivity contribution in [2.75, 3.05) is 26.8 Å². The molecular weight excluding hydrogens is 368 g/mol. The van der Waals surface area contributed by atoms with E-state index < -0.39 is 18.6 Å². The number of fused-ring (bicyclic) bond motifs is 3. The molecule has 1 fully saturated rings. The number of aliphatic hydroxyl groups is 1. The van der Waals surface area contributed by atoms with E-state index in [1.54, 1.807) is 6.07 Å². The van der Waals surface area contributed by atoms with E-state index in [2.05, 4.69) is 4.90 Å². The van der Waals surface area contributed by atoms with Crippen LogP contribution in [0.15, 0.2) is 12.1 Å². The third-order valence-corrected chi connectivity index (χ3v) is 5.19. The summed E-state index contributed by atoms with van der Waals surface area (Å²) >= 11 is 0. The fourth-order valence-corrected chi connectivity index (χ4v) is 4.04. The second kappa shape index (κ2) is 7.76. The fourth-order valence-electron chi connectivity index (χ4n) is 4.04. The van der Waals surface area contributed by atoms with Crippen molar-refractivity contribution in [3.63, 3.8) is 0 Å². The smallest absolute Gasteiger partial charge is 0.278 e. The highest BCUT2D eigenvalue weighted by Crippen LogP contribution is 2.42. The first-order valence-electron chi connectivity index (χ1n) is 9.78. The van der Waals surface area contributed by atoms with Crippen molar-refractivity contribution >= 4 is 0 Å². The van der Waals surface area contributed by atoms with Crippen molar-refractivity contribution < 1.29 is 28.1 Å². The van der Waals surface area contributed by atoms with Crippen LogP contribution in [0.5, 0.6) is 11.5 Å². The zero-order chi connectivity index (χ0) is 20.7. The van der Waals surface area contributed by atoms with Crippen LogP contribution in [0, 0.1) is 0 Å². The Morgan fingerprint density at radius 1 is 1.18 bits per heavy atom. The number of rotatable bonds is 5. The molecule has 158 valence electrons. The minimum absolute atomic E-state index is 0.0501. The quantitative estimate of drug-likeness (QED) is 0.820. The number of alkyl halides is 2. The van der Waals surface area contributed by atoms with Gasteiger partial charge in [0, 0.05) is 26.1 Å². The molecule has 3 unspecified atom stereocenters. The van der Waals surface area contributed by atoms with Crippen LogP contribution in [-0.2, 0) is 11.2 Å². The fraction of sp³-hybridized carbons (Fsp3) is 0.714. The number of hydrogen-bond acceptors (Lipinski definition) is 5. The van der Waals surface area contributed by atoms with Crippen LogP contribution in [0.1, 0.15) is 51.3 Å². The molecule has 7 heteroatoms. The van der Waals surface area contributed by atoms with Gasteiger partial charge in [0.15, 0.2) is 18.1 Å². The second-order valence-electron chi connectivity index (χ2n) is 8.89. The molecular formula is C21H31F2NO4. The molecule has 1 saturated heterocycles. The SMILES string of the molecule is COc1cc2c(cc1OCC(C)(F)F)CCN1CC(OC(C)(C)C)C(O)CC21. The van der Waals surface area contributed by atoms with E-state index in [0.717, 1.165) is 31.0 Å². The van der Waals surface area contributed by atoms with Gasteiger partial charge in [-0.15, -0.1) is 0 Å². The van der Waals surface area contributed by atoms with E-state index in [4.69, 9.17) is 14.2 Å². The van der Waals surface area contributed by atoms with E-state index in [-0.39, 0.29) is 17.7 Å². The number of hydrogen-bond donors (Lipinski definition) is 1. The van der Waals surface area contributed by atoms with E-state index in [9.17, 15) is 13.9 Å². The molecule has 3 atom stereocenters. The average molecular weight is 399 g/mol. The van der Waals surface area contributed by atoms with Crippen LogP contribution < -0.4 is 9.47 Å². The Morgan fingerprint density at radius 2 is 1.89 bits per heavy atom. The first-order chi connectivity index (χ1) is 13.0. The van der Waals surface area contributed by atoms with Crippen LogP contribution in [0.4, 0.5) is 8.78 Å². The number of ether oxygens (including phenoxy) is 3. The minimum Gasteiger partial charge on any atom is -0.493 e. The van der Waals surface area contributed by atoms with Crippen molar-refractivity contribution in [1.29, 1.82) is 0 Å². The summed E-state index contributed by atoms with van der Waals surface area (Å²) in [5.74, 6) is -2.14. The first-order valence-corrected chi connectivity index (χ1v) is 9.78. The highest BCUT2D eigenvalue weighted by Gasteiger charge is 2.40. The van der Waals surface area contributed by atoms with Crippen LogP contribution in [0.2, 0.25) is 0 Å². The molecule has 2 aliphatic rings. The summed E-state index contributed by atoms with van der Waals surface area (Å²) in [5, 5.41) is 10.7. The molecule has 0 aromatic heterocycles. The second-order valence-corrected chi connectivity index (χ2v) is 8.89.